The molecule has 10 aromatic carbocycles. The number of rotatable bonds is 8. The highest BCUT2D eigenvalue weighted by atomic mass is 16.3. The Balaban J connectivity index is 0.993. The molecule has 0 atom stereocenters. The van der Waals surface area contributed by atoms with Crippen LogP contribution < -0.4 is 4.90 Å². The van der Waals surface area contributed by atoms with Crippen molar-refractivity contribution >= 4 is 60.8 Å². The molecule has 0 radical (unpaired) electrons. The van der Waals surface area contributed by atoms with E-state index in [-0.39, 0.29) is 0 Å². The third-order valence-electron chi connectivity index (χ3n) is 12.4. The molecule has 12 aromatic rings. The summed E-state index contributed by atoms with van der Waals surface area (Å²) in [6, 6.07) is 87.1. The van der Waals surface area contributed by atoms with E-state index >= 15 is 0 Å². The topological polar surface area (TPSA) is 21.3 Å². The highest BCUT2D eigenvalue weighted by molar-refractivity contribution is 6.10. The number of nitrogens with zero attached hydrogens (tertiary/aromatic N) is 2. The molecule has 0 aliphatic heterocycles. The zero-order valence-electron chi connectivity index (χ0n) is 34.4. The Kier molecular flexibility index (Phi) is 8.83. The number of fused-ring (bicyclic) bond motifs is 6. The SMILES string of the molecule is c1ccc(-c2ccc(N(c3ccc(-c4cccc5c4oc4ccccc45)cc3)c3ccc(-c4ccccc4)c(-c4ccc(-n5c6ccccc6c6ccccc65)cc4)c3)cc2)cc1. The third kappa shape index (κ3) is 6.38. The molecule has 0 fully saturated rings. The average molecular weight is 805 g/mol. The first kappa shape index (κ1) is 36.5. The van der Waals surface area contributed by atoms with Gasteiger partial charge < -0.3 is 13.9 Å². The third-order valence-corrected chi connectivity index (χ3v) is 12.4. The monoisotopic (exact) mass is 804 g/mol. The standard InChI is InChI=1S/C60H40N2O/c1-3-14-41(15-4-1)42-26-32-46(33-27-42)61(47-34-28-44(29-35-47)51-21-13-22-55-54-20-9-12-25-59(54)63-60(51)55)49-38-39-50(43-16-5-2-6-17-43)56(40-49)45-30-36-48(37-31-45)62-57-23-10-7-18-52(57)53-19-8-11-24-58(53)62/h1-40H. The van der Waals surface area contributed by atoms with Crippen LogP contribution >= 0.6 is 0 Å². The summed E-state index contributed by atoms with van der Waals surface area (Å²) in [5, 5.41) is 4.77. The van der Waals surface area contributed by atoms with E-state index < -0.39 is 0 Å². The number of para-hydroxylation sites is 4. The summed E-state index contributed by atoms with van der Waals surface area (Å²) in [5.74, 6) is 0. The predicted molar refractivity (Wildman–Crippen MR) is 264 cm³/mol. The molecule has 63 heavy (non-hydrogen) atoms. The number of benzene rings is 10. The minimum atomic E-state index is 0.901. The molecule has 0 N–H and O–H groups in total. The van der Waals surface area contributed by atoms with Crippen LogP contribution in [0.4, 0.5) is 17.1 Å². The molecule has 3 heteroatoms. The summed E-state index contributed by atoms with van der Waals surface area (Å²) >= 11 is 0. The Bertz CT molecular complexity index is 3530. The highest BCUT2D eigenvalue weighted by Gasteiger charge is 2.19. The van der Waals surface area contributed by atoms with Gasteiger partial charge in [-0.3, -0.25) is 0 Å². The Morgan fingerprint density at radius 1 is 0.302 bits per heavy atom. The van der Waals surface area contributed by atoms with E-state index in [1.165, 1.54) is 44.1 Å². The maximum absolute atomic E-state index is 6.46. The molecule has 0 aliphatic carbocycles. The van der Waals surface area contributed by atoms with Gasteiger partial charge in [0, 0.05) is 49.9 Å². The van der Waals surface area contributed by atoms with Gasteiger partial charge in [0.2, 0.25) is 0 Å². The second-order valence-corrected chi connectivity index (χ2v) is 16.1. The van der Waals surface area contributed by atoms with Crippen molar-refractivity contribution in [3.05, 3.63) is 243 Å². The van der Waals surface area contributed by atoms with E-state index in [1.807, 2.05) is 12.1 Å². The van der Waals surface area contributed by atoms with E-state index in [9.17, 15) is 0 Å². The minimum absolute atomic E-state index is 0.901. The predicted octanol–water partition coefficient (Wildman–Crippen LogP) is 16.8. The first-order chi connectivity index (χ1) is 31.2. The van der Waals surface area contributed by atoms with E-state index in [1.54, 1.807) is 0 Å². The molecule has 0 unspecified atom stereocenters. The van der Waals surface area contributed by atoms with Crippen molar-refractivity contribution in [1.82, 2.24) is 4.57 Å². The van der Waals surface area contributed by atoms with Crippen molar-refractivity contribution < 1.29 is 4.42 Å². The van der Waals surface area contributed by atoms with E-state index in [0.717, 1.165) is 66.9 Å². The largest absolute Gasteiger partial charge is 0.455 e. The van der Waals surface area contributed by atoms with Gasteiger partial charge in [-0.25, -0.2) is 0 Å². The van der Waals surface area contributed by atoms with Crippen molar-refractivity contribution in [2.45, 2.75) is 0 Å². The fraction of sp³-hybridized carbons (Fsp3) is 0. The number of hydrogen-bond acceptors (Lipinski definition) is 2. The summed E-state index contributed by atoms with van der Waals surface area (Å²) in [6.45, 7) is 0. The van der Waals surface area contributed by atoms with Crippen LogP contribution in [0, 0.1) is 0 Å². The van der Waals surface area contributed by atoms with Gasteiger partial charge >= 0.3 is 0 Å². The van der Waals surface area contributed by atoms with Gasteiger partial charge in [0.25, 0.3) is 0 Å². The van der Waals surface area contributed by atoms with Gasteiger partial charge in [0.05, 0.1) is 11.0 Å². The smallest absolute Gasteiger partial charge is 0.143 e. The maximum Gasteiger partial charge on any atom is 0.143 e. The van der Waals surface area contributed by atoms with Gasteiger partial charge in [0.1, 0.15) is 11.2 Å². The second kappa shape index (κ2) is 15.3. The molecule has 0 aliphatic rings. The lowest BCUT2D eigenvalue weighted by atomic mass is 9.93. The zero-order valence-corrected chi connectivity index (χ0v) is 34.4. The lowest BCUT2D eigenvalue weighted by Gasteiger charge is -2.27. The molecule has 296 valence electrons. The van der Waals surface area contributed by atoms with Crippen molar-refractivity contribution in [1.29, 1.82) is 0 Å². The van der Waals surface area contributed by atoms with E-state index in [2.05, 4.69) is 240 Å². The van der Waals surface area contributed by atoms with Crippen LogP contribution in [0.5, 0.6) is 0 Å². The number of anilines is 3. The fourth-order valence-corrected chi connectivity index (χ4v) is 9.42. The van der Waals surface area contributed by atoms with Crippen molar-refractivity contribution in [2.24, 2.45) is 0 Å². The summed E-state index contributed by atoms with van der Waals surface area (Å²) in [5.41, 5.74) is 17.7. The molecule has 3 nitrogen and oxygen atoms in total. The molecule has 0 saturated carbocycles. The average Bonchev–Trinajstić information content (AvgIpc) is 3.91. The Morgan fingerprint density at radius 2 is 0.778 bits per heavy atom. The lowest BCUT2D eigenvalue weighted by Crippen LogP contribution is -2.10. The van der Waals surface area contributed by atoms with Gasteiger partial charge in [-0.1, -0.05) is 176 Å². The van der Waals surface area contributed by atoms with Gasteiger partial charge in [-0.2, -0.15) is 0 Å². The number of hydrogen-bond donors (Lipinski definition) is 0. The molecule has 0 amide bonds. The lowest BCUT2D eigenvalue weighted by molar-refractivity contribution is 0.670. The van der Waals surface area contributed by atoms with Crippen LogP contribution in [0.25, 0.3) is 93.9 Å². The molecule has 12 rings (SSSR count). The molecule has 0 saturated heterocycles. The Morgan fingerprint density at radius 3 is 1.44 bits per heavy atom. The van der Waals surface area contributed by atoms with Crippen LogP contribution in [-0.2, 0) is 0 Å². The highest BCUT2D eigenvalue weighted by Crippen LogP contribution is 2.43. The Labute approximate surface area is 366 Å². The quantitative estimate of drug-likeness (QED) is 0.153. The summed E-state index contributed by atoms with van der Waals surface area (Å²) in [7, 11) is 0. The van der Waals surface area contributed by atoms with E-state index in [4.69, 9.17) is 4.42 Å². The fourth-order valence-electron chi connectivity index (χ4n) is 9.42. The van der Waals surface area contributed by atoms with Crippen LogP contribution in [0.3, 0.4) is 0 Å². The normalized spacial score (nSPS) is 11.5. The van der Waals surface area contributed by atoms with Gasteiger partial charge in [-0.05, 0) is 106 Å². The molecular weight excluding hydrogens is 765 g/mol. The number of aromatic nitrogens is 1. The molecular formula is C60H40N2O. The maximum atomic E-state index is 6.46. The van der Waals surface area contributed by atoms with Crippen molar-refractivity contribution in [3.8, 4) is 50.2 Å². The minimum Gasteiger partial charge on any atom is -0.455 e. The molecule has 2 aromatic heterocycles. The summed E-state index contributed by atoms with van der Waals surface area (Å²) in [4.78, 5) is 2.37. The first-order valence-electron chi connectivity index (χ1n) is 21.5. The second-order valence-electron chi connectivity index (χ2n) is 16.1. The van der Waals surface area contributed by atoms with Gasteiger partial charge in [-0.15, -0.1) is 0 Å². The van der Waals surface area contributed by atoms with E-state index in [0.29, 0.717) is 0 Å². The van der Waals surface area contributed by atoms with Crippen molar-refractivity contribution in [3.63, 3.8) is 0 Å². The van der Waals surface area contributed by atoms with Gasteiger partial charge in [0.15, 0.2) is 0 Å². The van der Waals surface area contributed by atoms with Crippen LogP contribution in [0.2, 0.25) is 0 Å². The molecule has 0 bridgehead atoms. The van der Waals surface area contributed by atoms with Crippen LogP contribution in [-0.4, -0.2) is 4.57 Å². The van der Waals surface area contributed by atoms with Crippen LogP contribution in [0.15, 0.2) is 247 Å². The summed E-state index contributed by atoms with van der Waals surface area (Å²) in [6.07, 6.45) is 0. The Hall–Kier alpha value is -8.40. The molecule has 2 heterocycles. The summed E-state index contributed by atoms with van der Waals surface area (Å²) < 4.78 is 8.84. The number of furan rings is 1. The molecule has 0 spiro atoms. The first-order valence-corrected chi connectivity index (χ1v) is 21.5. The zero-order chi connectivity index (χ0) is 41.7. The van der Waals surface area contributed by atoms with Crippen LogP contribution in [0.1, 0.15) is 0 Å². The van der Waals surface area contributed by atoms with Crippen molar-refractivity contribution in [2.75, 3.05) is 4.90 Å².